The molecular formula is C14H28N2O3. The molecule has 5 heteroatoms. The molecule has 0 aliphatic rings. The number of carbonyl (C=O) groups is 2. The summed E-state index contributed by atoms with van der Waals surface area (Å²) in [5.41, 5.74) is 0. The minimum atomic E-state index is -0.978. The first-order valence-electron chi connectivity index (χ1n) is 7.22. The van der Waals surface area contributed by atoms with E-state index in [1.807, 2.05) is 0 Å². The van der Waals surface area contributed by atoms with Crippen molar-refractivity contribution in [1.82, 2.24) is 10.2 Å². The van der Waals surface area contributed by atoms with E-state index in [4.69, 9.17) is 5.11 Å². The Hall–Kier alpha value is -1.26. The lowest BCUT2D eigenvalue weighted by molar-refractivity contribution is -0.140. The van der Waals surface area contributed by atoms with Crippen LogP contribution in [0.4, 0.5) is 4.79 Å². The second-order valence-corrected chi connectivity index (χ2v) is 5.20. The zero-order valence-electron chi connectivity index (χ0n) is 12.6. The average Bonchev–Trinajstić information content (AvgIpc) is 2.35. The fourth-order valence-electron chi connectivity index (χ4n) is 1.75. The van der Waals surface area contributed by atoms with Crippen LogP contribution in [-0.4, -0.2) is 41.1 Å². The maximum atomic E-state index is 12.1. The van der Waals surface area contributed by atoms with Gasteiger partial charge in [-0.25, -0.2) is 9.59 Å². The predicted molar refractivity (Wildman–Crippen MR) is 76.2 cm³/mol. The summed E-state index contributed by atoms with van der Waals surface area (Å²) in [6, 6.07) is -1.08. The van der Waals surface area contributed by atoms with Crippen LogP contribution in [0.5, 0.6) is 0 Å². The van der Waals surface area contributed by atoms with Crippen molar-refractivity contribution in [2.45, 2.75) is 59.4 Å². The standard InChI is InChI=1S/C14H28N2O3/c1-5-7-9-16(10-8-6-2)14(19)15-12(11(3)4)13(17)18/h11-12H,5-10H2,1-4H3,(H,15,19)(H,17,18)/t12-/m0/s1. The van der Waals surface area contributed by atoms with Gasteiger partial charge < -0.3 is 15.3 Å². The van der Waals surface area contributed by atoms with Gasteiger partial charge in [0.05, 0.1) is 0 Å². The zero-order chi connectivity index (χ0) is 14.8. The van der Waals surface area contributed by atoms with Crippen LogP contribution in [0.3, 0.4) is 0 Å². The Morgan fingerprint density at radius 2 is 1.58 bits per heavy atom. The van der Waals surface area contributed by atoms with Crippen LogP contribution in [-0.2, 0) is 4.79 Å². The van der Waals surface area contributed by atoms with Crippen LogP contribution in [0.2, 0.25) is 0 Å². The van der Waals surface area contributed by atoms with Crippen molar-refractivity contribution in [3.8, 4) is 0 Å². The van der Waals surface area contributed by atoms with Crippen molar-refractivity contribution in [2.24, 2.45) is 5.92 Å². The maximum Gasteiger partial charge on any atom is 0.326 e. The fourth-order valence-corrected chi connectivity index (χ4v) is 1.75. The Morgan fingerprint density at radius 1 is 1.11 bits per heavy atom. The number of nitrogens with zero attached hydrogens (tertiary/aromatic N) is 1. The van der Waals surface area contributed by atoms with Gasteiger partial charge in [0, 0.05) is 13.1 Å². The first-order chi connectivity index (χ1) is 8.93. The normalized spacial score (nSPS) is 12.3. The molecule has 19 heavy (non-hydrogen) atoms. The summed E-state index contributed by atoms with van der Waals surface area (Å²) in [7, 11) is 0. The molecule has 0 saturated carbocycles. The summed E-state index contributed by atoms with van der Waals surface area (Å²) in [5.74, 6) is -1.10. The Morgan fingerprint density at radius 3 is 1.89 bits per heavy atom. The van der Waals surface area contributed by atoms with Crippen LogP contribution in [0, 0.1) is 5.92 Å². The number of urea groups is 1. The molecule has 0 aliphatic heterocycles. The van der Waals surface area contributed by atoms with Crippen LogP contribution in [0.1, 0.15) is 53.4 Å². The van der Waals surface area contributed by atoms with Crippen LogP contribution in [0.25, 0.3) is 0 Å². The fraction of sp³-hybridized carbons (Fsp3) is 0.857. The summed E-state index contributed by atoms with van der Waals surface area (Å²) in [5, 5.41) is 11.7. The molecule has 0 aromatic carbocycles. The Labute approximate surface area is 116 Å². The highest BCUT2D eigenvalue weighted by Gasteiger charge is 2.25. The Kier molecular flexibility index (Phi) is 9.00. The highest BCUT2D eigenvalue weighted by Crippen LogP contribution is 2.05. The van der Waals surface area contributed by atoms with Gasteiger partial charge in [0.25, 0.3) is 0 Å². The molecule has 5 nitrogen and oxygen atoms in total. The van der Waals surface area contributed by atoms with Gasteiger partial charge in [-0.15, -0.1) is 0 Å². The topological polar surface area (TPSA) is 69.6 Å². The SMILES string of the molecule is CCCCN(CCCC)C(=O)N[C@H](C(=O)O)C(C)C. The second kappa shape index (κ2) is 9.64. The molecule has 0 heterocycles. The quantitative estimate of drug-likeness (QED) is 0.678. The third-order valence-electron chi connectivity index (χ3n) is 3.06. The van der Waals surface area contributed by atoms with Gasteiger partial charge in [0.15, 0.2) is 0 Å². The van der Waals surface area contributed by atoms with Crippen LogP contribution >= 0.6 is 0 Å². The molecule has 0 bridgehead atoms. The number of aliphatic carboxylic acids is 1. The Bertz CT molecular complexity index is 272. The molecular weight excluding hydrogens is 244 g/mol. The van der Waals surface area contributed by atoms with Crippen molar-refractivity contribution in [3.63, 3.8) is 0 Å². The van der Waals surface area contributed by atoms with Gasteiger partial charge in [-0.05, 0) is 18.8 Å². The number of hydrogen-bond donors (Lipinski definition) is 2. The molecule has 0 fully saturated rings. The lowest BCUT2D eigenvalue weighted by Crippen LogP contribution is -2.50. The molecule has 0 aromatic heterocycles. The molecule has 0 aromatic rings. The summed E-state index contributed by atoms with van der Waals surface area (Å²) in [4.78, 5) is 24.9. The average molecular weight is 272 g/mol. The molecule has 2 amide bonds. The number of carbonyl (C=O) groups excluding carboxylic acids is 1. The molecule has 0 radical (unpaired) electrons. The van der Waals surface area contributed by atoms with E-state index >= 15 is 0 Å². The number of hydrogen-bond acceptors (Lipinski definition) is 2. The molecule has 0 aliphatic carbocycles. The number of carboxylic acid groups (broad SMARTS) is 1. The summed E-state index contributed by atoms with van der Waals surface area (Å²) in [6.07, 6.45) is 3.91. The van der Waals surface area contributed by atoms with Crippen molar-refractivity contribution in [2.75, 3.05) is 13.1 Å². The molecule has 112 valence electrons. The van der Waals surface area contributed by atoms with Gasteiger partial charge in [-0.2, -0.15) is 0 Å². The van der Waals surface area contributed by atoms with E-state index in [9.17, 15) is 9.59 Å². The third-order valence-corrected chi connectivity index (χ3v) is 3.06. The van der Waals surface area contributed by atoms with Crippen molar-refractivity contribution in [1.29, 1.82) is 0 Å². The smallest absolute Gasteiger partial charge is 0.326 e. The first kappa shape index (κ1) is 17.7. The molecule has 0 spiro atoms. The van der Waals surface area contributed by atoms with E-state index in [0.29, 0.717) is 13.1 Å². The van der Waals surface area contributed by atoms with E-state index in [1.54, 1.807) is 18.7 Å². The summed E-state index contributed by atoms with van der Waals surface area (Å²) in [6.45, 7) is 9.11. The number of nitrogens with one attached hydrogen (secondary N) is 1. The van der Waals surface area contributed by atoms with Gasteiger partial charge >= 0.3 is 12.0 Å². The first-order valence-corrected chi connectivity index (χ1v) is 7.22. The van der Waals surface area contributed by atoms with E-state index in [0.717, 1.165) is 25.7 Å². The highest BCUT2D eigenvalue weighted by molar-refractivity contribution is 5.82. The number of amides is 2. The number of rotatable bonds is 9. The van der Waals surface area contributed by atoms with Crippen molar-refractivity contribution >= 4 is 12.0 Å². The zero-order valence-corrected chi connectivity index (χ0v) is 12.6. The van der Waals surface area contributed by atoms with Gasteiger partial charge in [-0.1, -0.05) is 40.5 Å². The lowest BCUT2D eigenvalue weighted by Gasteiger charge is -2.26. The van der Waals surface area contributed by atoms with Gasteiger partial charge in [0.2, 0.25) is 0 Å². The molecule has 0 saturated heterocycles. The monoisotopic (exact) mass is 272 g/mol. The van der Waals surface area contributed by atoms with Crippen LogP contribution < -0.4 is 5.32 Å². The third kappa shape index (κ3) is 7.03. The molecule has 2 N–H and O–H groups in total. The van der Waals surface area contributed by atoms with Crippen LogP contribution in [0.15, 0.2) is 0 Å². The number of unbranched alkanes of at least 4 members (excludes halogenated alkanes) is 2. The number of carboxylic acids is 1. The highest BCUT2D eigenvalue weighted by atomic mass is 16.4. The second-order valence-electron chi connectivity index (χ2n) is 5.20. The lowest BCUT2D eigenvalue weighted by atomic mass is 10.1. The van der Waals surface area contributed by atoms with E-state index in [2.05, 4.69) is 19.2 Å². The Balaban J connectivity index is 4.54. The molecule has 0 unspecified atom stereocenters. The van der Waals surface area contributed by atoms with E-state index in [1.165, 1.54) is 0 Å². The minimum Gasteiger partial charge on any atom is -0.480 e. The maximum absolute atomic E-state index is 12.1. The summed E-state index contributed by atoms with van der Waals surface area (Å²) < 4.78 is 0. The van der Waals surface area contributed by atoms with E-state index < -0.39 is 12.0 Å². The largest absolute Gasteiger partial charge is 0.480 e. The van der Waals surface area contributed by atoms with Crippen molar-refractivity contribution < 1.29 is 14.7 Å². The van der Waals surface area contributed by atoms with Gasteiger partial charge in [-0.3, -0.25) is 0 Å². The molecule has 0 rings (SSSR count). The van der Waals surface area contributed by atoms with Crippen molar-refractivity contribution in [3.05, 3.63) is 0 Å². The predicted octanol–water partition coefficient (Wildman–Crippen LogP) is 2.71. The van der Waals surface area contributed by atoms with Gasteiger partial charge in [0.1, 0.15) is 6.04 Å². The molecule has 1 atom stereocenters. The summed E-state index contributed by atoms with van der Waals surface area (Å²) >= 11 is 0. The minimum absolute atomic E-state index is 0.124. The van der Waals surface area contributed by atoms with E-state index in [-0.39, 0.29) is 11.9 Å².